The van der Waals surface area contributed by atoms with Crippen LogP contribution in [0.3, 0.4) is 0 Å². The van der Waals surface area contributed by atoms with Crippen molar-refractivity contribution in [2.75, 3.05) is 0 Å². The topological polar surface area (TPSA) is 0 Å². The zero-order chi connectivity index (χ0) is 24.3. The van der Waals surface area contributed by atoms with Gasteiger partial charge in [0.25, 0.3) is 0 Å². The van der Waals surface area contributed by atoms with E-state index < -0.39 is 0 Å². The lowest BCUT2D eigenvalue weighted by Crippen LogP contribution is -1.99. The molecule has 0 aromatic heterocycles. The van der Waals surface area contributed by atoms with Crippen molar-refractivity contribution in [1.82, 2.24) is 0 Å². The molecule has 0 radical (unpaired) electrons. The average Bonchev–Trinajstić information content (AvgIpc) is 2.85. The Labute approximate surface area is 205 Å². The quantitative estimate of drug-likeness (QED) is 0.284. The van der Waals surface area contributed by atoms with Gasteiger partial charge in [0.2, 0.25) is 0 Å². The fourth-order valence-corrected chi connectivity index (χ4v) is 3.08. The molecule has 0 aliphatic heterocycles. The van der Waals surface area contributed by atoms with Gasteiger partial charge in [0.1, 0.15) is 7.85 Å². The molecule has 0 atom stereocenters. The van der Waals surface area contributed by atoms with Gasteiger partial charge in [0.05, 0.1) is 0 Å². The molecule has 0 aliphatic rings. The molecule has 0 heterocycles. The molecular weight excluding hydrogens is 407 g/mol. The molecule has 0 aliphatic carbocycles. The maximum absolute atomic E-state index is 4.12. The largest absolute Gasteiger partial charge is 0.139 e. The van der Waals surface area contributed by atoms with Gasteiger partial charge in [0.15, 0.2) is 0 Å². The first kappa shape index (κ1) is 24.3. The molecule has 1 heteroatoms. The summed E-state index contributed by atoms with van der Waals surface area (Å²) in [4.78, 5) is 0. The van der Waals surface area contributed by atoms with Gasteiger partial charge >= 0.3 is 0 Å². The number of benzene rings is 3. The highest BCUT2D eigenvalue weighted by Crippen LogP contribution is 2.12. The van der Waals surface area contributed by atoms with E-state index in [1.54, 1.807) is 0 Å². The summed E-state index contributed by atoms with van der Waals surface area (Å²) in [6, 6.07) is 24.3. The lowest BCUT2D eigenvalue weighted by Gasteiger charge is -2.00. The zero-order valence-electron chi connectivity index (χ0n) is 20.3. The van der Waals surface area contributed by atoms with Gasteiger partial charge in [0, 0.05) is 33.4 Å². The molecule has 0 fully saturated rings. The Morgan fingerprint density at radius 1 is 0.794 bits per heavy atom. The Balaban J connectivity index is 1.72. The van der Waals surface area contributed by atoms with Crippen molar-refractivity contribution < 1.29 is 0 Å². The van der Waals surface area contributed by atoms with Crippen LogP contribution in [0.15, 0.2) is 108 Å². The summed E-state index contributed by atoms with van der Waals surface area (Å²) in [6.07, 6.45) is 4.04. The van der Waals surface area contributed by atoms with Crippen molar-refractivity contribution in [2.45, 2.75) is 20.8 Å². The predicted octanol–water partition coefficient (Wildman–Crippen LogP) is 5.51. The van der Waals surface area contributed by atoms with Crippen molar-refractivity contribution in [1.29, 1.82) is 0 Å². The third-order valence-corrected chi connectivity index (χ3v) is 5.26. The summed E-state index contributed by atoms with van der Waals surface area (Å²) in [5.74, 6) is 19.3. The van der Waals surface area contributed by atoms with Gasteiger partial charge in [-0.2, -0.15) is 0 Å². The minimum atomic E-state index is 0.791. The molecule has 0 nitrogen and oxygen atoms in total. The lowest BCUT2D eigenvalue weighted by molar-refractivity contribution is 1.42. The first-order valence-corrected chi connectivity index (χ1v) is 11.3. The summed E-state index contributed by atoms with van der Waals surface area (Å²) < 4.78 is 0. The van der Waals surface area contributed by atoms with Gasteiger partial charge in [-0.15, -0.1) is 0 Å². The first-order valence-electron chi connectivity index (χ1n) is 11.3. The van der Waals surface area contributed by atoms with Gasteiger partial charge < -0.3 is 0 Å². The standard InChI is InChI=1S/C33H27B/c1-5-28(23-26(3)25(2)11-12-30-17-21-33(34)22-18-30)13-14-31-16-20-32(27(4)24-31)19-15-29-9-7-6-8-10-29/h5-10,16-18,20-24H,2,34H2,1,3-4H3/b26-23-,28-5-. The van der Waals surface area contributed by atoms with Crippen LogP contribution in [0.4, 0.5) is 0 Å². The molecule has 0 N–H and O–H groups in total. The van der Waals surface area contributed by atoms with Crippen molar-refractivity contribution in [3.8, 4) is 35.5 Å². The molecule has 3 aromatic carbocycles. The maximum Gasteiger partial charge on any atom is 0.139 e. The third-order valence-electron chi connectivity index (χ3n) is 5.26. The highest BCUT2D eigenvalue weighted by atomic mass is 14.0. The summed E-state index contributed by atoms with van der Waals surface area (Å²) >= 11 is 0. The Bertz CT molecular complexity index is 1430. The Morgan fingerprint density at radius 2 is 1.44 bits per heavy atom. The van der Waals surface area contributed by atoms with Crippen LogP contribution in [-0.2, 0) is 0 Å². The van der Waals surface area contributed by atoms with Gasteiger partial charge in [-0.05, 0) is 80.4 Å². The van der Waals surface area contributed by atoms with Crippen LogP contribution < -0.4 is 5.46 Å². The first-order chi connectivity index (χ1) is 16.4. The number of aryl methyl sites for hydroxylation is 1. The van der Waals surface area contributed by atoms with Crippen molar-refractivity contribution >= 4 is 13.3 Å². The highest BCUT2D eigenvalue weighted by Gasteiger charge is 1.98. The molecule has 0 unspecified atom stereocenters. The normalized spacial score (nSPS) is 10.7. The van der Waals surface area contributed by atoms with Crippen LogP contribution in [0.2, 0.25) is 0 Å². The van der Waals surface area contributed by atoms with E-state index in [2.05, 4.69) is 75.1 Å². The molecule has 162 valence electrons. The van der Waals surface area contributed by atoms with Gasteiger partial charge in [-0.3, -0.25) is 0 Å². The van der Waals surface area contributed by atoms with E-state index in [0.717, 1.165) is 44.5 Å². The van der Waals surface area contributed by atoms with Crippen LogP contribution in [-0.4, -0.2) is 7.85 Å². The predicted molar refractivity (Wildman–Crippen MR) is 149 cm³/mol. The van der Waals surface area contributed by atoms with Crippen molar-refractivity contribution in [2.24, 2.45) is 0 Å². The fraction of sp³-hybridized carbons (Fsp3) is 0.0909. The van der Waals surface area contributed by atoms with E-state index in [0.29, 0.717) is 0 Å². The highest BCUT2D eigenvalue weighted by molar-refractivity contribution is 6.32. The average molecular weight is 434 g/mol. The molecule has 3 aromatic rings. The summed E-state index contributed by atoms with van der Waals surface area (Å²) in [5.41, 5.74) is 9.04. The number of hydrogen-bond donors (Lipinski definition) is 0. The fourth-order valence-electron chi connectivity index (χ4n) is 3.08. The molecule has 0 bridgehead atoms. The van der Waals surface area contributed by atoms with E-state index in [1.807, 2.05) is 80.6 Å². The van der Waals surface area contributed by atoms with E-state index in [4.69, 9.17) is 0 Å². The number of rotatable bonds is 2. The van der Waals surface area contributed by atoms with Crippen LogP contribution in [0.1, 0.15) is 41.7 Å². The summed E-state index contributed by atoms with van der Waals surface area (Å²) in [7, 11) is 2.07. The third kappa shape index (κ3) is 7.35. The monoisotopic (exact) mass is 434 g/mol. The van der Waals surface area contributed by atoms with Crippen LogP contribution in [0, 0.1) is 42.4 Å². The second-order valence-corrected chi connectivity index (χ2v) is 8.06. The van der Waals surface area contributed by atoms with Crippen molar-refractivity contribution in [3.05, 3.63) is 136 Å². The van der Waals surface area contributed by atoms with E-state index in [9.17, 15) is 0 Å². The molecule has 0 spiro atoms. The molecule has 0 saturated carbocycles. The minimum absolute atomic E-state index is 0.791. The number of allylic oxidation sites excluding steroid dienone is 5. The molecular formula is C33H27B. The molecule has 0 saturated heterocycles. The van der Waals surface area contributed by atoms with Crippen LogP contribution in [0.25, 0.3) is 0 Å². The zero-order valence-corrected chi connectivity index (χ0v) is 20.3. The van der Waals surface area contributed by atoms with E-state index in [-0.39, 0.29) is 0 Å². The van der Waals surface area contributed by atoms with Crippen LogP contribution in [0.5, 0.6) is 0 Å². The Morgan fingerprint density at radius 3 is 2.12 bits per heavy atom. The van der Waals surface area contributed by atoms with E-state index in [1.165, 1.54) is 5.46 Å². The molecule has 0 amide bonds. The SMILES string of the molecule is Bc1ccc(C#CC(=C)/C(C)=C\C(C#Cc2ccc(C#Cc3ccccc3)c(C)c2)=C/C)cc1. The van der Waals surface area contributed by atoms with Crippen molar-refractivity contribution in [3.63, 3.8) is 0 Å². The van der Waals surface area contributed by atoms with E-state index >= 15 is 0 Å². The molecule has 3 rings (SSSR count). The van der Waals surface area contributed by atoms with Crippen LogP contribution >= 0.6 is 0 Å². The minimum Gasteiger partial charge on any atom is -0.0889 e. The maximum atomic E-state index is 4.12. The summed E-state index contributed by atoms with van der Waals surface area (Å²) in [6.45, 7) is 10.2. The van der Waals surface area contributed by atoms with Gasteiger partial charge in [-0.25, -0.2) is 0 Å². The van der Waals surface area contributed by atoms with Gasteiger partial charge in [-0.1, -0.05) is 84.0 Å². The second kappa shape index (κ2) is 12.0. The smallest absolute Gasteiger partial charge is 0.0889 e. The lowest BCUT2D eigenvalue weighted by atomic mass is 9.95. The summed E-state index contributed by atoms with van der Waals surface area (Å²) in [5, 5.41) is 0. The Kier molecular flexibility index (Phi) is 8.58. The molecule has 34 heavy (non-hydrogen) atoms. The number of hydrogen-bond acceptors (Lipinski definition) is 0. The second-order valence-electron chi connectivity index (χ2n) is 8.06. The Hall–Kier alpha value is -4.38.